The average molecular weight is 433 g/mol. The molecule has 2 bridgehead atoms. The summed E-state index contributed by atoms with van der Waals surface area (Å²) in [5.41, 5.74) is -0.425. The van der Waals surface area contributed by atoms with E-state index in [1.54, 1.807) is 0 Å². The van der Waals surface area contributed by atoms with Gasteiger partial charge in [0.1, 0.15) is 24.4 Å². The van der Waals surface area contributed by atoms with E-state index in [9.17, 15) is 30.6 Å². The Hall–Kier alpha value is -0.360. The van der Waals surface area contributed by atoms with Crippen molar-refractivity contribution >= 4 is 0 Å². The molecule has 2 saturated carbocycles. The second-order valence-electron chi connectivity index (χ2n) is 9.92. The molecule has 9 unspecified atom stereocenters. The summed E-state index contributed by atoms with van der Waals surface area (Å²) in [7, 11) is 0. The van der Waals surface area contributed by atoms with Gasteiger partial charge in [0.25, 0.3) is 0 Å². The molecule has 2 aliphatic carbocycles. The normalized spacial score (nSPS) is 54.2. The number of ether oxygens (including phenoxy) is 3. The third-order valence-electron chi connectivity index (χ3n) is 8.58. The Kier molecular flexibility index (Phi) is 6.49. The lowest BCUT2D eigenvalue weighted by molar-refractivity contribution is -0.305. The van der Waals surface area contributed by atoms with E-state index in [1.807, 2.05) is 6.92 Å². The monoisotopic (exact) mass is 432 g/mol. The van der Waals surface area contributed by atoms with Crippen molar-refractivity contribution in [3.05, 3.63) is 0 Å². The van der Waals surface area contributed by atoms with Crippen molar-refractivity contribution in [3.63, 3.8) is 0 Å². The van der Waals surface area contributed by atoms with E-state index in [-0.39, 0.29) is 48.9 Å². The second kappa shape index (κ2) is 8.53. The number of hydrogen-bond donors (Lipinski definition) is 6. The fourth-order valence-corrected chi connectivity index (χ4v) is 6.72. The van der Waals surface area contributed by atoms with Gasteiger partial charge in [0, 0.05) is 12.0 Å². The van der Waals surface area contributed by atoms with Crippen molar-refractivity contribution in [2.45, 2.75) is 69.6 Å². The highest BCUT2D eigenvalue weighted by molar-refractivity contribution is 5.13. The van der Waals surface area contributed by atoms with Crippen molar-refractivity contribution in [2.24, 2.45) is 35.0 Å². The highest BCUT2D eigenvalue weighted by Gasteiger charge is 2.65. The van der Waals surface area contributed by atoms with Crippen molar-refractivity contribution in [1.29, 1.82) is 0 Å². The number of aliphatic hydroxyl groups is 6. The molecule has 9 heteroatoms. The average Bonchev–Trinajstić information content (AvgIpc) is 3.29. The van der Waals surface area contributed by atoms with Crippen LogP contribution in [-0.2, 0) is 14.2 Å². The van der Waals surface area contributed by atoms with Gasteiger partial charge in [-0.2, -0.15) is 0 Å². The molecule has 0 spiro atoms. The zero-order valence-electron chi connectivity index (χ0n) is 17.6. The van der Waals surface area contributed by atoms with Gasteiger partial charge in [-0.3, -0.25) is 0 Å². The van der Waals surface area contributed by atoms with E-state index in [0.29, 0.717) is 6.61 Å². The largest absolute Gasteiger partial charge is 0.396 e. The second-order valence-corrected chi connectivity index (χ2v) is 9.92. The maximum absolute atomic E-state index is 11.3. The smallest absolute Gasteiger partial charge is 0.186 e. The standard InChI is InChI=1S/C21H36O9/c1-9(5-22)14-11-8-28-18(14)19(27)21(2)10(3-4-12(11)21)7-29-20-17(26)16(25)15(24)13(6-23)30-20/h9-20,22-27H,3-8H2,1-2H3/t9?,10-,11?,12?,13?,14-,15?,16?,17?,18?,19+,20?,21-/m0/s1. The molecule has 4 aliphatic rings. The van der Waals surface area contributed by atoms with Crippen LogP contribution in [0.4, 0.5) is 0 Å². The van der Waals surface area contributed by atoms with Crippen LogP contribution in [0.5, 0.6) is 0 Å². The molecule has 2 aliphatic heterocycles. The molecule has 2 heterocycles. The minimum Gasteiger partial charge on any atom is -0.396 e. The van der Waals surface area contributed by atoms with Crippen LogP contribution in [-0.4, -0.2) is 100.0 Å². The van der Waals surface area contributed by atoms with Crippen molar-refractivity contribution in [1.82, 2.24) is 0 Å². The minimum atomic E-state index is -1.47. The van der Waals surface area contributed by atoms with Crippen LogP contribution >= 0.6 is 0 Å². The number of aliphatic hydroxyl groups excluding tert-OH is 6. The lowest BCUT2D eigenvalue weighted by atomic mass is 9.55. The molecular formula is C21H36O9. The van der Waals surface area contributed by atoms with E-state index < -0.39 is 48.8 Å². The Labute approximate surface area is 176 Å². The summed E-state index contributed by atoms with van der Waals surface area (Å²) in [6.07, 6.45) is -5.74. The van der Waals surface area contributed by atoms with Gasteiger partial charge in [-0.05, 0) is 42.4 Å². The molecule has 30 heavy (non-hydrogen) atoms. The first-order valence-corrected chi connectivity index (χ1v) is 11.1. The van der Waals surface area contributed by atoms with Gasteiger partial charge in [-0.1, -0.05) is 13.8 Å². The third-order valence-corrected chi connectivity index (χ3v) is 8.58. The zero-order chi connectivity index (χ0) is 21.8. The van der Waals surface area contributed by atoms with Crippen LogP contribution in [0.25, 0.3) is 0 Å². The van der Waals surface area contributed by atoms with Crippen LogP contribution in [0.3, 0.4) is 0 Å². The predicted molar refractivity (Wildman–Crippen MR) is 103 cm³/mol. The molecule has 4 rings (SSSR count). The highest BCUT2D eigenvalue weighted by atomic mass is 16.7. The van der Waals surface area contributed by atoms with Crippen molar-refractivity contribution in [3.8, 4) is 0 Å². The topological polar surface area (TPSA) is 149 Å². The molecule has 2 saturated heterocycles. The van der Waals surface area contributed by atoms with Gasteiger partial charge in [0.05, 0.1) is 32.0 Å². The number of rotatable bonds is 6. The van der Waals surface area contributed by atoms with E-state index in [2.05, 4.69) is 6.92 Å². The quantitative estimate of drug-likeness (QED) is 0.294. The first-order valence-electron chi connectivity index (χ1n) is 11.1. The number of hydrogen-bond acceptors (Lipinski definition) is 9. The molecule has 0 aromatic rings. The van der Waals surface area contributed by atoms with Crippen LogP contribution in [0, 0.1) is 35.0 Å². The molecule has 0 radical (unpaired) electrons. The van der Waals surface area contributed by atoms with Gasteiger partial charge >= 0.3 is 0 Å². The Morgan fingerprint density at radius 3 is 2.47 bits per heavy atom. The van der Waals surface area contributed by atoms with Crippen molar-refractivity contribution in [2.75, 3.05) is 26.4 Å². The van der Waals surface area contributed by atoms with Crippen molar-refractivity contribution < 1.29 is 44.8 Å². The first-order chi connectivity index (χ1) is 14.2. The molecule has 0 amide bonds. The van der Waals surface area contributed by atoms with E-state index in [0.717, 1.165) is 12.8 Å². The molecule has 0 aromatic heterocycles. The lowest BCUT2D eigenvalue weighted by Crippen LogP contribution is -2.60. The summed E-state index contributed by atoms with van der Waals surface area (Å²) >= 11 is 0. The summed E-state index contributed by atoms with van der Waals surface area (Å²) in [6.45, 7) is 4.46. The summed E-state index contributed by atoms with van der Waals surface area (Å²) in [4.78, 5) is 0. The maximum atomic E-state index is 11.3. The van der Waals surface area contributed by atoms with Gasteiger partial charge < -0.3 is 44.8 Å². The molecule has 6 N–H and O–H groups in total. The zero-order valence-corrected chi connectivity index (χ0v) is 17.6. The summed E-state index contributed by atoms with van der Waals surface area (Å²) in [6, 6.07) is 0. The van der Waals surface area contributed by atoms with Crippen LogP contribution < -0.4 is 0 Å². The number of fused-ring (bicyclic) bond motifs is 4. The maximum Gasteiger partial charge on any atom is 0.186 e. The van der Waals surface area contributed by atoms with Gasteiger partial charge in [-0.15, -0.1) is 0 Å². The molecular weight excluding hydrogens is 396 g/mol. The van der Waals surface area contributed by atoms with Crippen LogP contribution in [0.2, 0.25) is 0 Å². The predicted octanol–water partition coefficient (Wildman–Crippen LogP) is -1.53. The van der Waals surface area contributed by atoms with E-state index >= 15 is 0 Å². The van der Waals surface area contributed by atoms with Crippen LogP contribution in [0.1, 0.15) is 26.7 Å². The fourth-order valence-electron chi connectivity index (χ4n) is 6.72. The molecule has 174 valence electrons. The minimum absolute atomic E-state index is 0.00181. The summed E-state index contributed by atoms with van der Waals surface area (Å²) < 4.78 is 17.3. The molecule has 13 atom stereocenters. The Balaban J connectivity index is 1.46. The Morgan fingerprint density at radius 1 is 1.07 bits per heavy atom. The SMILES string of the molecule is CC(CO)[C@H]1C2COC1[C@@H](O)[C@]1(C)C2CC[C@H]1COC1OC(CO)C(O)C(O)C1O. The van der Waals surface area contributed by atoms with Gasteiger partial charge in [0.15, 0.2) is 6.29 Å². The molecule has 0 aromatic carbocycles. The fraction of sp³-hybridized carbons (Fsp3) is 1.00. The van der Waals surface area contributed by atoms with E-state index in [1.165, 1.54) is 0 Å². The highest BCUT2D eigenvalue weighted by Crippen LogP contribution is 2.62. The summed E-state index contributed by atoms with van der Waals surface area (Å²) in [5.74, 6) is 0.720. The Bertz CT molecular complexity index is 603. The lowest BCUT2D eigenvalue weighted by Gasteiger charge is -2.51. The summed E-state index contributed by atoms with van der Waals surface area (Å²) in [5, 5.41) is 60.5. The molecule has 4 fully saturated rings. The van der Waals surface area contributed by atoms with Gasteiger partial charge in [-0.25, -0.2) is 0 Å². The first kappa shape index (κ1) is 22.8. The Morgan fingerprint density at radius 2 is 1.80 bits per heavy atom. The molecule has 9 nitrogen and oxygen atoms in total. The van der Waals surface area contributed by atoms with E-state index in [4.69, 9.17) is 14.2 Å². The van der Waals surface area contributed by atoms with Crippen LogP contribution in [0.15, 0.2) is 0 Å². The van der Waals surface area contributed by atoms with Gasteiger partial charge in [0.2, 0.25) is 0 Å². The third kappa shape index (κ3) is 3.34.